The van der Waals surface area contributed by atoms with Crippen LogP contribution in [0.5, 0.6) is 0 Å². The fourth-order valence-electron chi connectivity index (χ4n) is 3.49. The van der Waals surface area contributed by atoms with Crippen LogP contribution in [0.2, 0.25) is 23.2 Å². The van der Waals surface area contributed by atoms with Crippen molar-refractivity contribution in [1.29, 1.82) is 0 Å². The highest BCUT2D eigenvalue weighted by Gasteiger charge is 2.39. The highest BCUT2D eigenvalue weighted by atomic mass is 35.5. The maximum atomic E-state index is 11.7. The Kier molecular flexibility index (Phi) is 6.60. The third kappa shape index (κ3) is 4.87. The Morgan fingerprint density at radius 2 is 1.83 bits per heavy atom. The summed E-state index contributed by atoms with van der Waals surface area (Å²) in [7, 11) is -1.79. The number of nitrogens with zero attached hydrogens (tertiary/aromatic N) is 2. The molecule has 1 saturated heterocycles. The quantitative estimate of drug-likeness (QED) is 0.563. The third-order valence-electron chi connectivity index (χ3n) is 6.32. The first kappa shape index (κ1) is 22.8. The Morgan fingerprint density at radius 3 is 2.40 bits per heavy atom. The fraction of sp³-hybridized carbons (Fsp3) is 0.478. The van der Waals surface area contributed by atoms with E-state index in [0.29, 0.717) is 16.1 Å². The van der Waals surface area contributed by atoms with Crippen LogP contribution in [0.3, 0.4) is 0 Å². The summed E-state index contributed by atoms with van der Waals surface area (Å²) in [4.78, 5) is 18.4. The lowest BCUT2D eigenvalue weighted by molar-refractivity contribution is 0.0697. The highest BCUT2D eigenvalue weighted by molar-refractivity contribution is 6.74. The number of benzene rings is 1. The maximum Gasteiger partial charge on any atom is 0.337 e. The lowest BCUT2D eigenvalue weighted by atomic mass is 10.0. The normalized spacial score (nSPS) is 16.0. The van der Waals surface area contributed by atoms with Gasteiger partial charge in [0.2, 0.25) is 0 Å². The van der Waals surface area contributed by atoms with Gasteiger partial charge in [0.25, 0.3) is 0 Å². The first-order valence-electron chi connectivity index (χ1n) is 10.4. The molecule has 30 heavy (non-hydrogen) atoms. The van der Waals surface area contributed by atoms with Gasteiger partial charge in [-0.15, -0.1) is 0 Å². The minimum absolute atomic E-state index is 0.156. The van der Waals surface area contributed by atoms with Crippen molar-refractivity contribution in [2.24, 2.45) is 0 Å². The van der Waals surface area contributed by atoms with Crippen molar-refractivity contribution in [2.75, 3.05) is 18.0 Å². The van der Waals surface area contributed by atoms with Gasteiger partial charge in [0.1, 0.15) is 5.82 Å². The lowest BCUT2D eigenvalue weighted by Crippen LogP contribution is -2.47. The van der Waals surface area contributed by atoms with Crippen molar-refractivity contribution in [3.8, 4) is 11.1 Å². The molecule has 0 saturated carbocycles. The van der Waals surface area contributed by atoms with E-state index in [0.717, 1.165) is 31.7 Å². The molecular weight excluding hydrogens is 416 g/mol. The molecule has 0 bridgehead atoms. The smallest absolute Gasteiger partial charge is 0.337 e. The van der Waals surface area contributed by atoms with Gasteiger partial charge in [-0.3, -0.25) is 0 Å². The van der Waals surface area contributed by atoms with E-state index < -0.39 is 14.3 Å². The Hall–Kier alpha value is -1.89. The number of hydrogen-bond donors (Lipinski definition) is 1. The second kappa shape index (κ2) is 8.69. The molecule has 0 aliphatic carbocycles. The topological polar surface area (TPSA) is 62.7 Å². The van der Waals surface area contributed by atoms with Gasteiger partial charge in [0, 0.05) is 41.5 Å². The summed E-state index contributed by atoms with van der Waals surface area (Å²) in [5, 5.41) is 10.3. The fourth-order valence-corrected chi connectivity index (χ4v) is 5.15. The average molecular weight is 447 g/mol. The van der Waals surface area contributed by atoms with Crippen LogP contribution in [0.1, 0.15) is 44.0 Å². The van der Waals surface area contributed by atoms with Gasteiger partial charge >= 0.3 is 5.97 Å². The minimum atomic E-state index is -1.79. The van der Waals surface area contributed by atoms with Crippen molar-refractivity contribution in [3.63, 3.8) is 0 Å². The molecule has 3 rings (SSSR count). The van der Waals surface area contributed by atoms with Crippen LogP contribution >= 0.6 is 11.6 Å². The van der Waals surface area contributed by atoms with Gasteiger partial charge in [0.15, 0.2) is 8.32 Å². The van der Waals surface area contributed by atoms with Crippen LogP contribution < -0.4 is 4.90 Å². The summed E-state index contributed by atoms with van der Waals surface area (Å²) in [5.74, 6) is -0.230. The molecule has 1 N–H and O–H groups in total. The van der Waals surface area contributed by atoms with Crippen LogP contribution in [0.25, 0.3) is 11.1 Å². The van der Waals surface area contributed by atoms with E-state index in [9.17, 15) is 9.90 Å². The molecule has 2 aromatic rings. The van der Waals surface area contributed by atoms with Crippen molar-refractivity contribution < 1.29 is 14.3 Å². The molecule has 1 aromatic carbocycles. The van der Waals surface area contributed by atoms with Crippen LogP contribution in [-0.2, 0) is 4.43 Å². The van der Waals surface area contributed by atoms with E-state index in [1.54, 1.807) is 6.07 Å². The molecule has 7 heteroatoms. The standard InChI is InChI=1S/C23H31ClN2O3Si/c1-23(2,3)30(4,5)29-16-10-12-26(13-11-16)21-14-18(19(15-25-21)22(27)28)17-8-6-7-9-20(17)24/h6-9,14-16H,10-13H2,1-5H3,(H,27,28). The molecule has 5 nitrogen and oxygen atoms in total. The lowest BCUT2D eigenvalue weighted by Gasteiger charge is -2.42. The zero-order chi connectivity index (χ0) is 22.1. The van der Waals surface area contributed by atoms with Gasteiger partial charge < -0.3 is 14.4 Å². The van der Waals surface area contributed by atoms with E-state index in [1.165, 1.54) is 6.20 Å². The van der Waals surface area contributed by atoms with Gasteiger partial charge in [-0.1, -0.05) is 50.6 Å². The molecule has 2 heterocycles. The average Bonchev–Trinajstić information content (AvgIpc) is 2.67. The molecule has 0 spiro atoms. The summed E-state index contributed by atoms with van der Waals surface area (Å²) < 4.78 is 6.58. The number of halogens is 1. The van der Waals surface area contributed by atoms with Crippen LogP contribution in [0, 0.1) is 0 Å². The molecule has 162 valence electrons. The number of carboxylic acids is 1. The number of pyridine rings is 1. The maximum absolute atomic E-state index is 11.7. The number of rotatable bonds is 5. The zero-order valence-corrected chi connectivity index (χ0v) is 20.2. The first-order chi connectivity index (χ1) is 14.0. The van der Waals surface area contributed by atoms with Gasteiger partial charge in [-0.05, 0) is 43.1 Å². The van der Waals surface area contributed by atoms with E-state index in [1.807, 2.05) is 24.3 Å². The predicted molar refractivity (Wildman–Crippen MR) is 125 cm³/mol. The molecule has 0 atom stereocenters. The predicted octanol–water partition coefficient (Wildman–Crippen LogP) is 6.09. The molecule has 1 fully saturated rings. The number of carboxylic acid groups (broad SMARTS) is 1. The number of aromatic nitrogens is 1. The van der Waals surface area contributed by atoms with E-state index in [-0.39, 0.29) is 16.7 Å². The van der Waals surface area contributed by atoms with Crippen LogP contribution in [0.4, 0.5) is 5.82 Å². The number of carbonyl (C=O) groups is 1. The van der Waals surface area contributed by atoms with Crippen LogP contribution in [-0.4, -0.2) is 43.6 Å². The highest BCUT2D eigenvalue weighted by Crippen LogP contribution is 2.39. The van der Waals surface area contributed by atoms with Crippen molar-refractivity contribution >= 4 is 31.7 Å². The van der Waals surface area contributed by atoms with Gasteiger partial charge in [0.05, 0.1) is 5.56 Å². The largest absolute Gasteiger partial charge is 0.478 e. The molecule has 1 aromatic heterocycles. The summed E-state index contributed by atoms with van der Waals surface area (Å²) in [6.07, 6.45) is 3.59. The molecule has 0 unspecified atom stereocenters. The zero-order valence-electron chi connectivity index (χ0n) is 18.4. The summed E-state index contributed by atoms with van der Waals surface area (Å²) in [6.45, 7) is 13.0. The molecule has 1 aliphatic heterocycles. The Labute approximate surface area is 185 Å². The molecular formula is C23H31ClN2O3Si. The van der Waals surface area contributed by atoms with Crippen molar-refractivity contribution in [2.45, 2.75) is 57.8 Å². The monoisotopic (exact) mass is 446 g/mol. The van der Waals surface area contributed by atoms with E-state index >= 15 is 0 Å². The first-order valence-corrected chi connectivity index (χ1v) is 13.7. The number of anilines is 1. The molecule has 1 aliphatic rings. The van der Waals surface area contributed by atoms with Crippen LogP contribution in [0.15, 0.2) is 36.5 Å². The summed E-state index contributed by atoms with van der Waals surface area (Å²) >= 11 is 6.35. The van der Waals surface area contributed by atoms with Crippen molar-refractivity contribution in [1.82, 2.24) is 4.98 Å². The Balaban J connectivity index is 1.79. The Bertz CT molecular complexity index is 919. The van der Waals surface area contributed by atoms with Gasteiger partial charge in [-0.2, -0.15) is 0 Å². The third-order valence-corrected chi connectivity index (χ3v) is 11.2. The SMILES string of the molecule is CC(C)(C)[Si](C)(C)OC1CCN(c2cc(-c3ccccc3Cl)c(C(=O)O)cn2)CC1. The summed E-state index contributed by atoms with van der Waals surface area (Å²) in [6, 6.07) is 9.15. The van der Waals surface area contributed by atoms with E-state index in [4.69, 9.17) is 16.0 Å². The number of aromatic carboxylic acids is 1. The number of hydrogen-bond acceptors (Lipinski definition) is 4. The van der Waals surface area contributed by atoms with Crippen molar-refractivity contribution in [3.05, 3.63) is 47.1 Å². The second-order valence-electron chi connectivity index (χ2n) is 9.44. The molecule has 0 radical (unpaired) electrons. The van der Waals surface area contributed by atoms with E-state index in [2.05, 4.69) is 43.7 Å². The number of piperidine rings is 1. The minimum Gasteiger partial charge on any atom is -0.478 e. The second-order valence-corrected chi connectivity index (χ2v) is 14.6. The Morgan fingerprint density at radius 1 is 1.20 bits per heavy atom. The summed E-state index contributed by atoms with van der Waals surface area (Å²) in [5.41, 5.74) is 1.46. The van der Waals surface area contributed by atoms with Gasteiger partial charge in [-0.25, -0.2) is 9.78 Å². The molecule has 0 amide bonds.